The Bertz CT molecular complexity index is 2150. The molecule has 2 fully saturated rings. The first-order valence-corrected chi connectivity index (χ1v) is 21.4. The number of ether oxygens (including phenoxy) is 10. The fourth-order valence-corrected chi connectivity index (χ4v) is 7.77. The predicted octanol–water partition coefficient (Wildman–Crippen LogP) is 8.27. The van der Waals surface area contributed by atoms with Gasteiger partial charge >= 0.3 is 5.97 Å². The topological polar surface area (TPSA) is 158 Å². The molecule has 64 heavy (non-hydrogen) atoms. The maximum Gasteiger partial charge on any atom is 0.303 e. The van der Waals surface area contributed by atoms with Crippen molar-refractivity contribution < 1.29 is 52.2 Å². The number of rotatable bonds is 22. The molecule has 0 bridgehead atoms. The van der Waals surface area contributed by atoms with Crippen LogP contribution in [0.5, 0.6) is 0 Å². The highest BCUT2D eigenvalue weighted by Gasteiger charge is 2.52. The summed E-state index contributed by atoms with van der Waals surface area (Å²) < 4.78 is 64.6. The van der Waals surface area contributed by atoms with Crippen LogP contribution in [0.15, 0.2) is 157 Å². The Morgan fingerprint density at radius 1 is 0.516 bits per heavy atom. The Morgan fingerprint density at radius 2 is 0.906 bits per heavy atom. The van der Waals surface area contributed by atoms with Crippen molar-refractivity contribution in [2.75, 3.05) is 20.3 Å². The molecular formula is C50H55N3O11. The molecule has 0 N–H and O–H groups in total. The molecule has 0 unspecified atom stereocenters. The molecule has 7 rings (SSSR count). The predicted molar refractivity (Wildman–Crippen MR) is 235 cm³/mol. The average molecular weight is 874 g/mol. The molecule has 14 nitrogen and oxygen atoms in total. The van der Waals surface area contributed by atoms with E-state index in [0.29, 0.717) is 0 Å². The smallest absolute Gasteiger partial charge is 0.303 e. The molecule has 2 saturated heterocycles. The number of benzene rings is 5. The standard InChI is InChI=1S/C50H55N3O11/c1-35(54)62-46-43(52-53-51)49(63-41(33-56-28-36-18-8-3-9-19-36)44(46)57-29-37-20-10-4-11-21-37)61-34-42-45(58-30-38-22-12-5-13-23-38)47(59-31-39-24-14-6-15-25-39)48(50(55-2)64-42)60-32-40-26-16-7-17-27-40/h3-27,41-50H,28-34H2,1-2H3/t41-,42-,43-,44+,45-,46-,47+,48-,49+,50+/m1/s1. The van der Waals surface area contributed by atoms with E-state index in [1.54, 1.807) is 7.11 Å². The normalized spacial score (nSPS) is 25.5. The molecule has 0 radical (unpaired) electrons. The first kappa shape index (κ1) is 46.5. The van der Waals surface area contributed by atoms with E-state index in [-0.39, 0.29) is 46.2 Å². The number of carbonyl (C=O) groups is 1. The number of hydrogen-bond donors (Lipinski definition) is 0. The first-order valence-electron chi connectivity index (χ1n) is 21.4. The van der Waals surface area contributed by atoms with Crippen LogP contribution in [0.1, 0.15) is 34.7 Å². The fourth-order valence-electron chi connectivity index (χ4n) is 7.77. The number of azide groups is 1. The van der Waals surface area contributed by atoms with Crippen molar-refractivity contribution in [2.24, 2.45) is 5.11 Å². The molecule has 336 valence electrons. The van der Waals surface area contributed by atoms with Gasteiger partial charge in [0.25, 0.3) is 0 Å². The van der Waals surface area contributed by atoms with E-state index in [4.69, 9.17) is 47.4 Å². The summed E-state index contributed by atoms with van der Waals surface area (Å²) in [5, 5.41) is 4.09. The van der Waals surface area contributed by atoms with Crippen molar-refractivity contribution in [2.45, 2.75) is 101 Å². The monoisotopic (exact) mass is 873 g/mol. The van der Waals surface area contributed by atoms with Gasteiger partial charge in [0.05, 0.1) is 46.2 Å². The summed E-state index contributed by atoms with van der Waals surface area (Å²) in [5.41, 5.74) is 14.6. The molecule has 0 saturated carbocycles. The number of nitrogens with zero attached hydrogens (tertiary/aromatic N) is 3. The van der Waals surface area contributed by atoms with Gasteiger partial charge in [0.15, 0.2) is 12.6 Å². The van der Waals surface area contributed by atoms with Crippen LogP contribution in [0.25, 0.3) is 10.4 Å². The van der Waals surface area contributed by atoms with Crippen molar-refractivity contribution in [3.8, 4) is 0 Å². The van der Waals surface area contributed by atoms with Gasteiger partial charge in [-0.15, -0.1) is 0 Å². The maximum atomic E-state index is 12.8. The molecule has 2 aliphatic heterocycles. The van der Waals surface area contributed by atoms with Gasteiger partial charge in [0.2, 0.25) is 0 Å². The number of hydrogen-bond acceptors (Lipinski definition) is 12. The summed E-state index contributed by atoms with van der Waals surface area (Å²) in [6.07, 6.45) is -8.15. The Morgan fingerprint density at radius 3 is 1.34 bits per heavy atom. The minimum Gasteiger partial charge on any atom is -0.459 e. The van der Waals surface area contributed by atoms with Crippen molar-refractivity contribution >= 4 is 5.97 Å². The van der Waals surface area contributed by atoms with Gasteiger partial charge in [-0.2, -0.15) is 0 Å². The van der Waals surface area contributed by atoms with Crippen LogP contribution in [-0.2, 0) is 85.2 Å². The third kappa shape index (κ3) is 13.3. The lowest BCUT2D eigenvalue weighted by molar-refractivity contribution is -0.335. The van der Waals surface area contributed by atoms with Gasteiger partial charge in [0.1, 0.15) is 48.8 Å². The summed E-state index contributed by atoms with van der Waals surface area (Å²) >= 11 is 0. The van der Waals surface area contributed by atoms with Crippen LogP contribution in [0.2, 0.25) is 0 Å². The number of esters is 1. The van der Waals surface area contributed by atoms with Gasteiger partial charge in [-0.3, -0.25) is 4.79 Å². The van der Waals surface area contributed by atoms with Crippen LogP contribution in [0, 0.1) is 0 Å². The van der Waals surface area contributed by atoms with Gasteiger partial charge in [-0.1, -0.05) is 157 Å². The zero-order valence-corrected chi connectivity index (χ0v) is 36.0. The maximum absolute atomic E-state index is 12.8. The van der Waals surface area contributed by atoms with E-state index >= 15 is 0 Å². The number of methoxy groups -OCH3 is 1. The lowest BCUT2D eigenvalue weighted by Crippen LogP contribution is -2.63. The molecule has 5 aromatic rings. The average Bonchev–Trinajstić information content (AvgIpc) is 3.33. The zero-order chi connectivity index (χ0) is 44.4. The van der Waals surface area contributed by atoms with Gasteiger partial charge in [0, 0.05) is 18.9 Å². The van der Waals surface area contributed by atoms with Gasteiger partial charge in [-0.25, -0.2) is 0 Å². The molecule has 0 aromatic heterocycles. The molecule has 2 aliphatic rings. The third-order valence-corrected chi connectivity index (χ3v) is 10.9. The SMILES string of the molecule is CO[C@H]1O[C@H](CO[C@H]2O[C@H](COCc3ccccc3)[C@H](OCc3ccccc3)[C@H](OC(C)=O)[C@H]2N=[N+]=[N-])[C@@H](OCc2ccccc2)[C@H](OCc2ccccc2)[C@H]1OCc1ccccc1. The van der Waals surface area contributed by atoms with E-state index in [2.05, 4.69) is 10.0 Å². The highest BCUT2D eigenvalue weighted by molar-refractivity contribution is 5.66. The lowest BCUT2D eigenvalue weighted by Gasteiger charge is -2.47. The van der Waals surface area contributed by atoms with E-state index in [0.717, 1.165) is 27.8 Å². The molecule has 10 atom stereocenters. The summed E-state index contributed by atoms with van der Waals surface area (Å²) in [4.78, 5) is 15.9. The Labute approximate surface area is 373 Å². The third-order valence-electron chi connectivity index (χ3n) is 10.9. The van der Waals surface area contributed by atoms with E-state index in [1.165, 1.54) is 6.92 Å². The minimum atomic E-state index is -1.25. The van der Waals surface area contributed by atoms with Crippen LogP contribution in [0.3, 0.4) is 0 Å². The summed E-state index contributed by atoms with van der Waals surface area (Å²) in [6, 6.07) is 47.5. The summed E-state index contributed by atoms with van der Waals surface area (Å²) in [6.45, 7) is 2.32. The Balaban J connectivity index is 1.18. The van der Waals surface area contributed by atoms with Crippen LogP contribution < -0.4 is 0 Å². The molecule has 14 heteroatoms. The quantitative estimate of drug-likeness (QED) is 0.0285. The highest BCUT2D eigenvalue weighted by Crippen LogP contribution is 2.34. The minimum absolute atomic E-state index is 0.0271. The van der Waals surface area contributed by atoms with E-state index in [1.807, 2.05) is 152 Å². The largest absolute Gasteiger partial charge is 0.459 e. The Hall–Kier alpha value is -5.48. The first-order chi connectivity index (χ1) is 31.5. The van der Waals surface area contributed by atoms with E-state index < -0.39 is 67.3 Å². The van der Waals surface area contributed by atoms with Gasteiger partial charge in [-0.05, 0) is 33.3 Å². The summed E-state index contributed by atoms with van der Waals surface area (Å²) in [7, 11) is 1.54. The van der Waals surface area contributed by atoms with E-state index in [9.17, 15) is 10.3 Å². The second-order valence-corrected chi connectivity index (χ2v) is 15.5. The van der Waals surface area contributed by atoms with Crippen molar-refractivity contribution in [3.63, 3.8) is 0 Å². The second-order valence-electron chi connectivity index (χ2n) is 15.5. The lowest BCUT2D eigenvalue weighted by atomic mass is 9.96. The van der Waals surface area contributed by atoms with Crippen molar-refractivity contribution in [1.82, 2.24) is 0 Å². The molecule has 0 spiro atoms. The fraction of sp³-hybridized carbons (Fsp3) is 0.380. The van der Waals surface area contributed by atoms with Crippen LogP contribution >= 0.6 is 0 Å². The van der Waals surface area contributed by atoms with Crippen LogP contribution in [-0.4, -0.2) is 87.6 Å². The molecule has 0 amide bonds. The molecule has 0 aliphatic carbocycles. The van der Waals surface area contributed by atoms with Crippen molar-refractivity contribution in [3.05, 3.63) is 190 Å². The highest BCUT2D eigenvalue weighted by atomic mass is 16.7. The van der Waals surface area contributed by atoms with Crippen LogP contribution in [0.4, 0.5) is 0 Å². The zero-order valence-electron chi connectivity index (χ0n) is 36.0. The van der Waals surface area contributed by atoms with Gasteiger partial charge < -0.3 is 47.4 Å². The molecular weight excluding hydrogens is 819 g/mol. The van der Waals surface area contributed by atoms with Crippen molar-refractivity contribution in [1.29, 1.82) is 0 Å². The molecule has 2 heterocycles. The number of carbonyl (C=O) groups excluding carboxylic acids is 1. The summed E-state index contributed by atoms with van der Waals surface area (Å²) in [5.74, 6) is -0.603. The molecule has 5 aromatic carbocycles. The Kier molecular flexibility index (Phi) is 17.8. The second kappa shape index (κ2) is 24.5.